The number of halogens is 1. The van der Waals surface area contributed by atoms with E-state index < -0.39 is 10.7 Å². The minimum atomic E-state index is -0.637. The molecule has 0 atom stereocenters. The molecule has 3 N–H and O–H groups in total. The van der Waals surface area contributed by atoms with E-state index in [1.54, 1.807) is 25.2 Å². The number of hydrazine groups is 1. The van der Waals surface area contributed by atoms with Crippen LogP contribution in [-0.4, -0.2) is 21.9 Å². The maximum Gasteiger partial charge on any atom is 0.354 e. The highest BCUT2D eigenvalue weighted by Crippen LogP contribution is 2.31. The molecule has 0 fully saturated rings. The second-order valence-electron chi connectivity index (χ2n) is 4.24. The van der Waals surface area contributed by atoms with Gasteiger partial charge in [-0.25, -0.2) is 20.2 Å². The number of hydrogen-bond acceptors (Lipinski definition) is 7. The van der Waals surface area contributed by atoms with Crippen molar-refractivity contribution >= 4 is 17.3 Å². The van der Waals surface area contributed by atoms with Gasteiger partial charge in [0, 0.05) is 19.2 Å². The summed E-state index contributed by atoms with van der Waals surface area (Å²) in [7, 11) is 1.57. The van der Waals surface area contributed by atoms with Crippen molar-refractivity contribution in [1.29, 1.82) is 0 Å². The molecule has 21 heavy (non-hydrogen) atoms. The number of nitrogens with two attached hydrogens (primary N) is 1. The molecular weight excluding hydrogens is 279 g/mol. The van der Waals surface area contributed by atoms with E-state index in [1.165, 1.54) is 11.0 Å². The Morgan fingerprint density at radius 3 is 2.76 bits per heavy atom. The largest absolute Gasteiger partial charge is 0.354 e. The van der Waals surface area contributed by atoms with Crippen molar-refractivity contribution in [2.45, 2.75) is 6.54 Å². The van der Waals surface area contributed by atoms with Gasteiger partial charge in [0.05, 0.1) is 4.92 Å². The summed E-state index contributed by atoms with van der Waals surface area (Å²) < 4.78 is 13.6. The third-order valence-corrected chi connectivity index (χ3v) is 2.85. The standard InChI is InChI=1S/C12H13FN6O2/c1-18(6-8-4-2-3-5-9(8)13)12-10(19(20)21)11(17-14)15-7-16-12/h2-5,7H,6,14H2,1H3,(H,15,16,17). The zero-order valence-corrected chi connectivity index (χ0v) is 11.2. The van der Waals surface area contributed by atoms with Crippen LogP contribution in [0.4, 0.5) is 21.7 Å². The smallest absolute Gasteiger partial charge is 0.349 e. The molecule has 0 radical (unpaired) electrons. The highest BCUT2D eigenvalue weighted by Gasteiger charge is 2.25. The molecule has 0 aliphatic rings. The summed E-state index contributed by atoms with van der Waals surface area (Å²) in [4.78, 5) is 19.6. The number of nitrogens with zero attached hydrogens (tertiary/aromatic N) is 4. The highest BCUT2D eigenvalue weighted by molar-refractivity contribution is 5.69. The monoisotopic (exact) mass is 292 g/mol. The molecule has 9 heteroatoms. The topological polar surface area (TPSA) is 110 Å². The van der Waals surface area contributed by atoms with Crippen LogP contribution in [0, 0.1) is 15.9 Å². The number of nitrogen functional groups attached to an aromatic ring is 1. The first-order valence-corrected chi connectivity index (χ1v) is 5.95. The van der Waals surface area contributed by atoms with Crippen molar-refractivity contribution in [2.75, 3.05) is 17.4 Å². The SMILES string of the molecule is CN(Cc1ccccc1F)c1ncnc(NN)c1[N+](=O)[O-]. The minimum absolute atomic E-state index is 0.0474. The number of nitro groups is 1. The van der Waals surface area contributed by atoms with Crippen LogP contribution < -0.4 is 16.2 Å². The van der Waals surface area contributed by atoms with Crippen LogP contribution in [0.15, 0.2) is 30.6 Å². The predicted octanol–water partition coefficient (Wildman–Crippen LogP) is 1.45. The van der Waals surface area contributed by atoms with Crippen LogP contribution in [0.25, 0.3) is 0 Å². The van der Waals surface area contributed by atoms with Crippen molar-refractivity contribution in [3.63, 3.8) is 0 Å². The molecule has 0 aliphatic heterocycles. The molecule has 0 saturated carbocycles. The Morgan fingerprint density at radius 2 is 2.14 bits per heavy atom. The number of hydrogen-bond donors (Lipinski definition) is 2. The number of anilines is 2. The van der Waals surface area contributed by atoms with E-state index >= 15 is 0 Å². The predicted molar refractivity (Wildman–Crippen MR) is 75.0 cm³/mol. The quantitative estimate of drug-likeness (QED) is 0.487. The number of nitrogens with one attached hydrogen (secondary N) is 1. The van der Waals surface area contributed by atoms with E-state index in [4.69, 9.17) is 5.84 Å². The zero-order valence-electron chi connectivity index (χ0n) is 11.2. The van der Waals surface area contributed by atoms with E-state index in [0.717, 1.165) is 6.33 Å². The fourth-order valence-corrected chi connectivity index (χ4v) is 1.88. The normalized spacial score (nSPS) is 10.2. The van der Waals surface area contributed by atoms with Crippen molar-refractivity contribution < 1.29 is 9.31 Å². The molecule has 0 spiro atoms. The molecule has 0 aliphatic carbocycles. The first-order valence-electron chi connectivity index (χ1n) is 5.95. The third kappa shape index (κ3) is 3.03. The fourth-order valence-electron chi connectivity index (χ4n) is 1.88. The van der Waals surface area contributed by atoms with Gasteiger partial charge in [-0.3, -0.25) is 10.1 Å². The van der Waals surface area contributed by atoms with Gasteiger partial charge in [-0.2, -0.15) is 0 Å². The maximum atomic E-state index is 13.6. The maximum absolute atomic E-state index is 13.6. The van der Waals surface area contributed by atoms with Gasteiger partial charge in [-0.1, -0.05) is 18.2 Å². The molecule has 8 nitrogen and oxygen atoms in total. The highest BCUT2D eigenvalue weighted by atomic mass is 19.1. The van der Waals surface area contributed by atoms with Crippen LogP contribution in [0.5, 0.6) is 0 Å². The summed E-state index contributed by atoms with van der Waals surface area (Å²) in [6.07, 6.45) is 1.15. The van der Waals surface area contributed by atoms with Crippen molar-refractivity contribution in [3.8, 4) is 0 Å². The zero-order chi connectivity index (χ0) is 15.4. The summed E-state index contributed by atoms with van der Waals surface area (Å²) >= 11 is 0. The molecule has 2 aromatic rings. The van der Waals surface area contributed by atoms with Gasteiger partial charge < -0.3 is 10.3 Å². The van der Waals surface area contributed by atoms with E-state index in [2.05, 4.69) is 15.4 Å². The lowest BCUT2D eigenvalue weighted by atomic mass is 10.2. The van der Waals surface area contributed by atoms with E-state index in [1.807, 2.05) is 0 Å². The Morgan fingerprint density at radius 1 is 1.43 bits per heavy atom. The van der Waals surface area contributed by atoms with Gasteiger partial charge in [-0.05, 0) is 6.07 Å². The summed E-state index contributed by atoms with van der Waals surface area (Å²) in [6, 6.07) is 6.18. The Bertz CT molecular complexity index is 666. The van der Waals surface area contributed by atoms with Crippen molar-refractivity contribution in [1.82, 2.24) is 9.97 Å². The Labute approximate surface area is 119 Å². The van der Waals surface area contributed by atoms with Gasteiger partial charge >= 0.3 is 5.69 Å². The van der Waals surface area contributed by atoms with E-state index in [9.17, 15) is 14.5 Å². The number of rotatable bonds is 5. The molecule has 2 rings (SSSR count). The first-order chi connectivity index (χ1) is 10.0. The Kier molecular flexibility index (Phi) is 4.24. The van der Waals surface area contributed by atoms with Crippen LogP contribution >= 0.6 is 0 Å². The van der Waals surface area contributed by atoms with Crippen molar-refractivity contribution in [2.24, 2.45) is 5.84 Å². The van der Waals surface area contributed by atoms with E-state index in [-0.39, 0.29) is 23.9 Å². The second-order valence-corrected chi connectivity index (χ2v) is 4.24. The molecule has 0 bridgehead atoms. The third-order valence-electron chi connectivity index (χ3n) is 2.85. The average molecular weight is 292 g/mol. The van der Waals surface area contributed by atoms with Gasteiger partial charge in [0.1, 0.15) is 12.1 Å². The van der Waals surface area contributed by atoms with Crippen LogP contribution in [0.1, 0.15) is 5.56 Å². The van der Waals surface area contributed by atoms with Crippen LogP contribution in [-0.2, 0) is 6.54 Å². The number of aromatic nitrogens is 2. The fraction of sp³-hybridized carbons (Fsp3) is 0.167. The molecule has 1 aromatic carbocycles. The lowest BCUT2D eigenvalue weighted by Gasteiger charge is -2.18. The van der Waals surface area contributed by atoms with Gasteiger partial charge in [0.15, 0.2) is 0 Å². The molecule has 110 valence electrons. The lowest BCUT2D eigenvalue weighted by Crippen LogP contribution is -2.21. The average Bonchev–Trinajstić information content (AvgIpc) is 2.48. The summed E-state index contributed by atoms with van der Waals surface area (Å²) in [5, 5.41) is 11.2. The van der Waals surface area contributed by atoms with Crippen LogP contribution in [0.3, 0.4) is 0 Å². The van der Waals surface area contributed by atoms with Gasteiger partial charge in [0.2, 0.25) is 11.6 Å². The van der Waals surface area contributed by atoms with E-state index in [0.29, 0.717) is 5.56 Å². The van der Waals surface area contributed by atoms with Crippen molar-refractivity contribution in [3.05, 3.63) is 52.1 Å². The lowest BCUT2D eigenvalue weighted by molar-refractivity contribution is -0.383. The van der Waals surface area contributed by atoms with Gasteiger partial charge in [-0.15, -0.1) is 0 Å². The molecule has 0 amide bonds. The second kappa shape index (κ2) is 6.09. The number of benzene rings is 1. The Balaban J connectivity index is 2.37. The molecule has 0 unspecified atom stereocenters. The summed E-state index contributed by atoms with van der Waals surface area (Å²) in [6.45, 7) is 0.120. The molecule has 1 heterocycles. The van der Waals surface area contributed by atoms with Gasteiger partial charge in [0.25, 0.3) is 0 Å². The minimum Gasteiger partial charge on any atom is -0.349 e. The first kappa shape index (κ1) is 14.6. The molecular formula is C12H13FN6O2. The summed E-state index contributed by atoms with van der Waals surface area (Å²) in [5.74, 6) is 4.76. The van der Waals surface area contributed by atoms with Crippen LogP contribution in [0.2, 0.25) is 0 Å². The Hall–Kier alpha value is -2.81. The molecule has 0 saturated heterocycles. The molecule has 1 aromatic heterocycles. The summed E-state index contributed by atoms with van der Waals surface area (Å²) in [5.41, 5.74) is 2.19.